The zero-order valence-corrected chi connectivity index (χ0v) is 18.1. The molecule has 2 aromatic carbocycles. The topological polar surface area (TPSA) is 29.5 Å². The molecule has 3 heteroatoms. The van der Waals surface area contributed by atoms with E-state index in [-0.39, 0.29) is 12.7 Å². The van der Waals surface area contributed by atoms with E-state index in [0.29, 0.717) is 16.6 Å². The zero-order valence-electron chi connectivity index (χ0n) is 17.1. The summed E-state index contributed by atoms with van der Waals surface area (Å²) in [5, 5.41) is 11.3. The fourth-order valence-electron chi connectivity index (χ4n) is 4.89. The number of aliphatic hydroxyl groups is 1. The maximum atomic E-state index is 9.95. The van der Waals surface area contributed by atoms with Crippen LogP contribution in [0, 0.1) is 0 Å². The summed E-state index contributed by atoms with van der Waals surface area (Å²) in [6, 6.07) is 18.5. The molecule has 0 aliphatic rings. The SMILES string of the molecule is CC(C)[Si](c1ccccc1OC(CO)c1ccccc1)(C(C)C)C(C)C. The van der Waals surface area contributed by atoms with Crippen LogP contribution in [0.25, 0.3) is 0 Å². The third-order valence-electron chi connectivity index (χ3n) is 5.83. The first-order chi connectivity index (χ1) is 12.4. The molecule has 0 radical (unpaired) electrons. The van der Waals surface area contributed by atoms with Gasteiger partial charge in [-0.25, -0.2) is 0 Å². The molecule has 0 saturated carbocycles. The Balaban J connectivity index is 2.52. The van der Waals surface area contributed by atoms with Gasteiger partial charge in [-0.1, -0.05) is 90.1 Å². The van der Waals surface area contributed by atoms with Gasteiger partial charge in [-0.2, -0.15) is 0 Å². The molecule has 0 aromatic heterocycles. The molecule has 0 fully saturated rings. The highest BCUT2D eigenvalue weighted by atomic mass is 28.3. The van der Waals surface area contributed by atoms with Crippen LogP contribution >= 0.6 is 0 Å². The molecule has 0 aliphatic heterocycles. The van der Waals surface area contributed by atoms with E-state index >= 15 is 0 Å². The van der Waals surface area contributed by atoms with Gasteiger partial charge in [0, 0.05) is 0 Å². The predicted octanol–water partition coefficient (Wildman–Crippen LogP) is 5.68. The van der Waals surface area contributed by atoms with E-state index in [0.717, 1.165) is 11.3 Å². The Morgan fingerprint density at radius 1 is 0.769 bits per heavy atom. The molecule has 2 rings (SSSR count). The molecule has 1 N–H and O–H groups in total. The van der Waals surface area contributed by atoms with Crippen LogP contribution in [0.1, 0.15) is 53.2 Å². The molecule has 26 heavy (non-hydrogen) atoms. The van der Waals surface area contributed by atoms with E-state index < -0.39 is 8.07 Å². The smallest absolute Gasteiger partial charge is 0.147 e. The van der Waals surface area contributed by atoms with Crippen LogP contribution in [0.4, 0.5) is 0 Å². The van der Waals surface area contributed by atoms with Crippen LogP contribution < -0.4 is 9.92 Å². The summed E-state index contributed by atoms with van der Waals surface area (Å²) in [4.78, 5) is 0. The van der Waals surface area contributed by atoms with Crippen molar-refractivity contribution in [3.8, 4) is 5.75 Å². The third kappa shape index (κ3) is 3.89. The van der Waals surface area contributed by atoms with Crippen LogP contribution in [-0.4, -0.2) is 19.8 Å². The Bertz CT molecular complexity index is 658. The lowest BCUT2D eigenvalue weighted by Crippen LogP contribution is -2.56. The molecule has 0 bridgehead atoms. The van der Waals surface area contributed by atoms with Crippen molar-refractivity contribution >= 4 is 13.3 Å². The van der Waals surface area contributed by atoms with Crippen LogP contribution in [-0.2, 0) is 0 Å². The van der Waals surface area contributed by atoms with Crippen molar-refractivity contribution in [2.24, 2.45) is 0 Å². The lowest BCUT2D eigenvalue weighted by atomic mass is 10.1. The Hall–Kier alpha value is -1.58. The highest BCUT2D eigenvalue weighted by molar-refractivity contribution is 6.95. The first-order valence-corrected chi connectivity index (χ1v) is 12.0. The van der Waals surface area contributed by atoms with Gasteiger partial charge >= 0.3 is 0 Å². The number of benzene rings is 2. The molecule has 0 amide bonds. The minimum Gasteiger partial charge on any atom is -0.483 e. The second-order valence-electron chi connectivity index (χ2n) is 8.09. The quantitative estimate of drug-likeness (QED) is 0.605. The summed E-state index contributed by atoms with van der Waals surface area (Å²) in [7, 11) is -1.84. The van der Waals surface area contributed by atoms with Crippen molar-refractivity contribution in [1.82, 2.24) is 0 Å². The fourth-order valence-corrected chi connectivity index (χ4v) is 11.7. The average Bonchev–Trinajstić information content (AvgIpc) is 2.61. The number of para-hydroxylation sites is 1. The molecule has 1 unspecified atom stereocenters. The van der Waals surface area contributed by atoms with Crippen LogP contribution in [0.15, 0.2) is 54.6 Å². The molecule has 0 heterocycles. The summed E-state index contributed by atoms with van der Waals surface area (Å²) < 4.78 is 6.42. The van der Waals surface area contributed by atoms with E-state index in [1.54, 1.807) is 0 Å². The predicted molar refractivity (Wildman–Crippen MR) is 114 cm³/mol. The average molecular weight is 371 g/mol. The summed E-state index contributed by atoms with van der Waals surface area (Å²) in [6.45, 7) is 14.2. The Morgan fingerprint density at radius 3 is 1.77 bits per heavy atom. The first kappa shape index (κ1) is 20.7. The standard InChI is InChI=1S/C23H34O2Si/c1-17(2)26(18(3)4,19(5)6)23-15-11-10-14-21(23)25-22(16-24)20-12-8-7-9-13-20/h7-15,17-19,22,24H,16H2,1-6H3. The van der Waals surface area contributed by atoms with Gasteiger partial charge in [0.2, 0.25) is 0 Å². The van der Waals surface area contributed by atoms with Crippen LogP contribution in [0.2, 0.25) is 16.6 Å². The van der Waals surface area contributed by atoms with E-state index in [2.05, 4.69) is 59.7 Å². The highest BCUT2D eigenvalue weighted by Gasteiger charge is 2.46. The van der Waals surface area contributed by atoms with E-state index in [9.17, 15) is 5.11 Å². The lowest BCUT2D eigenvalue weighted by molar-refractivity contribution is 0.117. The second-order valence-corrected chi connectivity index (χ2v) is 14.0. The van der Waals surface area contributed by atoms with Crippen molar-refractivity contribution < 1.29 is 9.84 Å². The van der Waals surface area contributed by atoms with E-state index in [1.807, 2.05) is 36.4 Å². The van der Waals surface area contributed by atoms with Gasteiger partial charge in [0.25, 0.3) is 0 Å². The number of aliphatic hydroxyl groups excluding tert-OH is 1. The van der Waals surface area contributed by atoms with Crippen molar-refractivity contribution in [1.29, 1.82) is 0 Å². The molecule has 2 aromatic rings. The Labute approximate surface area is 160 Å². The number of hydrogen-bond acceptors (Lipinski definition) is 2. The van der Waals surface area contributed by atoms with Gasteiger partial charge in [0.15, 0.2) is 0 Å². The minimum absolute atomic E-state index is 0.0298. The number of hydrogen-bond donors (Lipinski definition) is 1. The maximum absolute atomic E-state index is 9.95. The molecule has 142 valence electrons. The normalized spacial score (nSPS) is 13.5. The fraction of sp³-hybridized carbons (Fsp3) is 0.478. The lowest BCUT2D eigenvalue weighted by Gasteiger charge is -2.44. The first-order valence-electron chi connectivity index (χ1n) is 9.77. The van der Waals surface area contributed by atoms with E-state index in [4.69, 9.17) is 4.74 Å². The van der Waals surface area contributed by atoms with Gasteiger partial charge in [0.1, 0.15) is 11.9 Å². The molecule has 2 nitrogen and oxygen atoms in total. The second kappa shape index (κ2) is 8.87. The maximum Gasteiger partial charge on any atom is 0.147 e. The Kier molecular flexibility index (Phi) is 7.07. The summed E-state index contributed by atoms with van der Waals surface area (Å²) in [5.74, 6) is 0.943. The summed E-state index contributed by atoms with van der Waals surface area (Å²) in [6.07, 6.45) is -0.337. The number of ether oxygens (including phenoxy) is 1. The molecular weight excluding hydrogens is 336 g/mol. The molecular formula is C23H34O2Si. The zero-order chi connectivity index (χ0) is 19.3. The largest absolute Gasteiger partial charge is 0.483 e. The number of rotatable bonds is 8. The minimum atomic E-state index is -1.84. The molecule has 1 atom stereocenters. The third-order valence-corrected chi connectivity index (χ3v) is 12.9. The summed E-state index contributed by atoms with van der Waals surface area (Å²) in [5.41, 5.74) is 2.83. The van der Waals surface area contributed by atoms with Crippen molar-refractivity contribution in [2.45, 2.75) is 64.3 Å². The van der Waals surface area contributed by atoms with Gasteiger partial charge < -0.3 is 9.84 Å². The monoisotopic (exact) mass is 370 g/mol. The molecule has 0 saturated heterocycles. The van der Waals surface area contributed by atoms with Gasteiger partial charge in [-0.15, -0.1) is 0 Å². The van der Waals surface area contributed by atoms with Gasteiger partial charge in [-0.3, -0.25) is 0 Å². The Morgan fingerprint density at radius 2 is 1.27 bits per heavy atom. The van der Waals surface area contributed by atoms with Crippen molar-refractivity contribution in [3.05, 3.63) is 60.2 Å². The highest BCUT2D eigenvalue weighted by Crippen LogP contribution is 2.43. The van der Waals surface area contributed by atoms with Crippen molar-refractivity contribution in [2.75, 3.05) is 6.61 Å². The molecule has 0 spiro atoms. The van der Waals surface area contributed by atoms with Crippen molar-refractivity contribution in [3.63, 3.8) is 0 Å². The molecule has 0 aliphatic carbocycles. The van der Waals surface area contributed by atoms with Gasteiger partial charge in [-0.05, 0) is 33.4 Å². The summed E-state index contributed by atoms with van der Waals surface area (Å²) >= 11 is 0. The van der Waals surface area contributed by atoms with E-state index in [1.165, 1.54) is 5.19 Å². The van der Waals surface area contributed by atoms with Gasteiger partial charge in [0.05, 0.1) is 14.7 Å². The van der Waals surface area contributed by atoms with Crippen LogP contribution in [0.3, 0.4) is 0 Å². The van der Waals surface area contributed by atoms with Crippen LogP contribution in [0.5, 0.6) is 5.75 Å².